The van der Waals surface area contributed by atoms with Gasteiger partial charge >= 0.3 is 17.9 Å². The second-order valence-electron chi connectivity index (χ2n) is 11.3. The molecule has 3 aromatic carbocycles. The quantitative estimate of drug-likeness (QED) is 0.0170. The van der Waals surface area contributed by atoms with Crippen molar-refractivity contribution in [2.75, 3.05) is 33.5 Å². The Hall–Kier alpha value is -5.41. The number of unbranched alkanes of at least 4 members (excludes halogenated alkanes) is 4. The molecule has 0 amide bonds. The van der Waals surface area contributed by atoms with E-state index in [0.29, 0.717) is 61.2 Å². The number of rotatable bonds is 20. The van der Waals surface area contributed by atoms with Crippen LogP contribution < -0.4 is 14.2 Å². The highest BCUT2D eigenvalue weighted by Crippen LogP contribution is 2.25. The molecule has 0 unspecified atom stereocenters. The average molecular weight is 683 g/mol. The van der Waals surface area contributed by atoms with Crippen LogP contribution in [0.2, 0.25) is 0 Å². The van der Waals surface area contributed by atoms with E-state index < -0.39 is 17.9 Å². The summed E-state index contributed by atoms with van der Waals surface area (Å²) < 4.78 is 27.2. The smallest absolute Gasteiger partial charge is 0.343 e. The molecule has 0 spiro atoms. The molecule has 0 aliphatic heterocycles. The van der Waals surface area contributed by atoms with Crippen molar-refractivity contribution in [2.45, 2.75) is 44.9 Å². The van der Waals surface area contributed by atoms with Crippen molar-refractivity contribution in [1.29, 1.82) is 0 Å². The van der Waals surface area contributed by atoms with Crippen LogP contribution in [0.5, 0.6) is 17.2 Å². The molecule has 0 radical (unpaired) electrons. The minimum Gasteiger partial charge on any atom is -0.494 e. The van der Waals surface area contributed by atoms with Gasteiger partial charge in [0, 0.05) is 19.8 Å². The van der Waals surface area contributed by atoms with E-state index in [4.69, 9.17) is 33.5 Å². The van der Waals surface area contributed by atoms with Crippen LogP contribution in [-0.2, 0) is 28.8 Å². The first kappa shape index (κ1) is 37.4. The number of allylic oxidation sites excluding steroid dienone is 3. The summed E-state index contributed by atoms with van der Waals surface area (Å²) in [6.07, 6.45) is 13.4. The number of esters is 3. The highest BCUT2D eigenvalue weighted by molar-refractivity contribution is 5.98. The van der Waals surface area contributed by atoms with E-state index in [9.17, 15) is 14.4 Å². The standard InChI is InChI=1S/C40H42O10/c1-3-22-47-48-26-9-5-7-24-45-35-18-20-36(21-19-35)49-40(43)34-15-14-33-29-37(17-16-32(33)28-34)50-39(42)31-12-10-30(11-13-31)27-38(41)46-25-8-4-6-23-44-2/h10,12-22,27-29H,1,4-9,11,23-26H2,2H3. The van der Waals surface area contributed by atoms with E-state index in [-0.39, 0.29) is 0 Å². The molecule has 0 fully saturated rings. The fourth-order valence-corrected chi connectivity index (χ4v) is 4.81. The van der Waals surface area contributed by atoms with Crippen molar-refractivity contribution in [2.24, 2.45) is 0 Å². The number of ether oxygens (including phenoxy) is 5. The lowest BCUT2D eigenvalue weighted by Crippen LogP contribution is -2.11. The predicted molar refractivity (Wildman–Crippen MR) is 188 cm³/mol. The van der Waals surface area contributed by atoms with Gasteiger partial charge in [-0.05, 0) is 116 Å². The van der Waals surface area contributed by atoms with Crippen molar-refractivity contribution in [3.63, 3.8) is 0 Å². The molecule has 50 heavy (non-hydrogen) atoms. The lowest BCUT2D eigenvalue weighted by Gasteiger charge is -2.11. The van der Waals surface area contributed by atoms with Crippen molar-refractivity contribution in [1.82, 2.24) is 0 Å². The van der Waals surface area contributed by atoms with E-state index in [1.165, 1.54) is 12.3 Å². The van der Waals surface area contributed by atoms with Crippen molar-refractivity contribution >= 4 is 28.7 Å². The van der Waals surface area contributed by atoms with Gasteiger partial charge in [-0.2, -0.15) is 4.89 Å². The number of methoxy groups -OCH3 is 1. The zero-order valence-electron chi connectivity index (χ0n) is 28.2. The van der Waals surface area contributed by atoms with Gasteiger partial charge < -0.3 is 28.6 Å². The van der Waals surface area contributed by atoms with Gasteiger partial charge in [0.15, 0.2) is 6.26 Å². The molecule has 0 atom stereocenters. The number of carbonyl (C=O) groups excluding carboxylic acids is 3. The molecular weight excluding hydrogens is 640 g/mol. The summed E-state index contributed by atoms with van der Waals surface area (Å²) in [7, 11) is 1.66. The number of hydrogen-bond acceptors (Lipinski definition) is 10. The lowest BCUT2D eigenvalue weighted by atomic mass is 10.0. The first-order valence-corrected chi connectivity index (χ1v) is 16.5. The second kappa shape index (κ2) is 20.8. The molecule has 4 rings (SSSR count). The molecule has 3 aromatic rings. The van der Waals surface area contributed by atoms with Crippen LogP contribution in [-0.4, -0.2) is 51.4 Å². The molecule has 1 aliphatic rings. The van der Waals surface area contributed by atoms with Crippen LogP contribution in [0.25, 0.3) is 10.8 Å². The van der Waals surface area contributed by atoms with Gasteiger partial charge in [-0.3, -0.25) is 0 Å². The number of fused-ring (bicyclic) bond motifs is 1. The van der Waals surface area contributed by atoms with E-state index in [0.717, 1.165) is 54.9 Å². The largest absolute Gasteiger partial charge is 0.494 e. The second-order valence-corrected chi connectivity index (χ2v) is 11.3. The first-order valence-electron chi connectivity index (χ1n) is 16.5. The summed E-state index contributed by atoms with van der Waals surface area (Å²) >= 11 is 0. The summed E-state index contributed by atoms with van der Waals surface area (Å²) in [5, 5.41) is 1.57. The SMILES string of the molecule is C=C=COOCCCCCOc1ccc(OC(=O)c2ccc3cc(OC(=O)C4=CCC(=CC(=O)OCCCCCOC)C=C4)ccc3c2)cc1. The number of carbonyl (C=O) groups is 3. The van der Waals surface area contributed by atoms with Crippen molar-refractivity contribution < 1.29 is 47.8 Å². The third-order valence-electron chi connectivity index (χ3n) is 7.44. The predicted octanol–water partition coefficient (Wildman–Crippen LogP) is 7.93. The molecule has 1 aliphatic carbocycles. The van der Waals surface area contributed by atoms with Crippen LogP contribution in [0.15, 0.2) is 115 Å². The Bertz CT molecular complexity index is 1730. The minimum atomic E-state index is -0.510. The fraction of sp³-hybridized carbons (Fsp3) is 0.300. The molecule has 0 aromatic heterocycles. The van der Waals surface area contributed by atoms with Crippen molar-refractivity contribution in [3.8, 4) is 17.2 Å². The normalized spacial score (nSPS) is 12.9. The van der Waals surface area contributed by atoms with Crippen LogP contribution in [0.1, 0.15) is 55.3 Å². The van der Waals surface area contributed by atoms with E-state index in [1.807, 2.05) is 0 Å². The molecule has 0 bridgehead atoms. The molecule has 0 saturated heterocycles. The third-order valence-corrected chi connectivity index (χ3v) is 7.44. The Morgan fingerprint density at radius 1 is 0.740 bits per heavy atom. The van der Waals surface area contributed by atoms with Crippen LogP contribution >= 0.6 is 0 Å². The van der Waals surface area contributed by atoms with Gasteiger partial charge in [0.2, 0.25) is 0 Å². The maximum Gasteiger partial charge on any atom is 0.343 e. The summed E-state index contributed by atoms with van der Waals surface area (Å²) in [4.78, 5) is 47.4. The highest BCUT2D eigenvalue weighted by Gasteiger charge is 2.15. The van der Waals surface area contributed by atoms with Crippen LogP contribution in [0.3, 0.4) is 0 Å². The van der Waals surface area contributed by atoms with E-state index in [1.54, 1.807) is 86.0 Å². The maximum atomic E-state index is 12.9. The third kappa shape index (κ3) is 12.9. The van der Waals surface area contributed by atoms with E-state index >= 15 is 0 Å². The fourth-order valence-electron chi connectivity index (χ4n) is 4.81. The molecule has 0 saturated carbocycles. The zero-order valence-corrected chi connectivity index (χ0v) is 28.2. The van der Waals surface area contributed by atoms with Gasteiger partial charge in [0.25, 0.3) is 0 Å². The molecular formula is C40H42O10. The van der Waals surface area contributed by atoms with Gasteiger partial charge in [0.1, 0.15) is 17.2 Å². The highest BCUT2D eigenvalue weighted by atomic mass is 17.2. The summed E-state index contributed by atoms with van der Waals surface area (Å²) in [5.41, 5.74) is 3.96. The summed E-state index contributed by atoms with van der Waals surface area (Å²) in [6, 6.07) is 17.2. The maximum absolute atomic E-state index is 12.9. The Balaban J connectivity index is 1.20. The number of benzene rings is 3. The molecule has 262 valence electrons. The molecule has 10 nitrogen and oxygen atoms in total. The van der Waals surface area contributed by atoms with E-state index in [2.05, 4.69) is 12.3 Å². The summed E-state index contributed by atoms with van der Waals surface area (Å²) in [6.45, 7) is 5.45. The number of hydrogen-bond donors (Lipinski definition) is 0. The Morgan fingerprint density at radius 2 is 1.42 bits per heavy atom. The van der Waals surface area contributed by atoms with Crippen LogP contribution in [0.4, 0.5) is 0 Å². The molecule has 0 heterocycles. The van der Waals surface area contributed by atoms with Gasteiger partial charge in [-0.25, -0.2) is 14.4 Å². The van der Waals surface area contributed by atoms with Gasteiger partial charge in [0.05, 0.1) is 31.0 Å². The molecule has 10 heteroatoms. The average Bonchev–Trinajstić information content (AvgIpc) is 3.13. The molecule has 0 N–H and O–H groups in total. The van der Waals surface area contributed by atoms with Gasteiger partial charge in [-0.15, -0.1) is 0 Å². The first-order chi connectivity index (χ1) is 24.4. The lowest BCUT2D eigenvalue weighted by molar-refractivity contribution is -0.248. The summed E-state index contributed by atoms with van der Waals surface area (Å²) in [5.74, 6) is 0.0283. The van der Waals surface area contributed by atoms with Crippen LogP contribution in [0, 0.1) is 0 Å². The monoisotopic (exact) mass is 682 g/mol. The Morgan fingerprint density at radius 3 is 2.18 bits per heavy atom. The zero-order chi connectivity index (χ0) is 35.4. The minimum absolute atomic E-state index is 0.359. The van der Waals surface area contributed by atoms with Crippen molar-refractivity contribution in [3.05, 3.63) is 120 Å². The van der Waals surface area contributed by atoms with Gasteiger partial charge in [-0.1, -0.05) is 36.6 Å². The Labute approximate surface area is 292 Å². The topological polar surface area (TPSA) is 116 Å². The Kier molecular flexibility index (Phi) is 15.6.